The molecule has 3 nitrogen and oxygen atoms in total. The third-order valence-corrected chi connectivity index (χ3v) is 9.97. The summed E-state index contributed by atoms with van der Waals surface area (Å²) in [5, 5.41) is 31.3. The molecule has 0 aromatic rings. The minimum Gasteiger partial charge on any atom is -0.393 e. The minimum atomic E-state index is -0.614. The largest absolute Gasteiger partial charge is 0.393 e. The van der Waals surface area contributed by atoms with Gasteiger partial charge in [-0.3, -0.25) is 0 Å². The fraction of sp³-hybridized carbons (Fsp3) is 0.812. The van der Waals surface area contributed by atoms with Gasteiger partial charge in [0.1, 0.15) is 0 Å². The quantitative estimate of drug-likeness (QED) is 0.263. The van der Waals surface area contributed by atoms with Crippen LogP contribution in [0, 0.1) is 23.2 Å². The van der Waals surface area contributed by atoms with Gasteiger partial charge in [-0.25, -0.2) is 0 Å². The molecular formula is C32H54O3. The average molecular weight is 487 g/mol. The summed E-state index contributed by atoms with van der Waals surface area (Å²) < 4.78 is 0. The third kappa shape index (κ3) is 6.90. The summed E-state index contributed by atoms with van der Waals surface area (Å²) in [7, 11) is 0. The number of fused-ring (bicyclic) bond motifs is 1. The van der Waals surface area contributed by atoms with Crippen LogP contribution in [0.25, 0.3) is 0 Å². The highest BCUT2D eigenvalue weighted by Crippen LogP contribution is 2.60. The van der Waals surface area contributed by atoms with Crippen molar-refractivity contribution in [3.05, 3.63) is 35.5 Å². The first-order valence-corrected chi connectivity index (χ1v) is 14.8. The lowest BCUT2D eigenvalue weighted by atomic mass is 9.60. The van der Waals surface area contributed by atoms with E-state index in [-0.39, 0.29) is 0 Å². The van der Waals surface area contributed by atoms with Crippen molar-refractivity contribution < 1.29 is 15.3 Å². The van der Waals surface area contributed by atoms with Crippen LogP contribution >= 0.6 is 0 Å². The van der Waals surface area contributed by atoms with Crippen LogP contribution in [0.2, 0.25) is 0 Å². The SMILES string of the molecule is C=C1/C(=C/C=C2\CCC[C@]3(C)[C@@H]([C@H](C)CCCCC(O)(CCC)CCC)CC[C@@H]23)C[C@@H](O)C[C@@H]1O. The van der Waals surface area contributed by atoms with E-state index in [4.69, 9.17) is 0 Å². The number of rotatable bonds is 11. The minimum absolute atomic E-state index is 0.385. The lowest BCUT2D eigenvalue weighted by Gasteiger charge is -2.44. The molecule has 0 amide bonds. The van der Waals surface area contributed by atoms with E-state index < -0.39 is 17.8 Å². The maximum atomic E-state index is 11.0. The summed E-state index contributed by atoms with van der Waals surface area (Å²) in [6, 6.07) is 0. The number of hydrogen-bond donors (Lipinski definition) is 3. The van der Waals surface area contributed by atoms with E-state index >= 15 is 0 Å². The van der Waals surface area contributed by atoms with Crippen molar-refractivity contribution in [3.8, 4) is 0 Å². The van der Waals surface area contributed by atoms with Crippen LogP contribution in [0.5, 0.6) is 0 Å². The van der Waals surface area contributed by atoms with Gasteiger partial charge in [-0.1, -0.05) is 84.1 Å². The van der Waals surface area contributed by atoms with Crippen LogP contribution in [0.1, 0.15) is 124 Å². The van der Waals surface area contributed by atoms with Gasteiger partial charge in [0.15, 0.2) is 0 Å². The Morgan fingerprint density at radius 2 is 1.80 bits per heavy atom. The predicted molar refractivity (Wildman–Crippen MR) is 147 cm³/mol. The Bertz CT molecular complexity index is 759. The maximum Gasteiger partial charge on any atom is 0.0811 e. The second-order valence-electron chi connectivity index (χ2n) is 12.6. The van der Waals surface area contributed by atoms with Gasteiger partial charge in [-0.15, -0.1) is 0 Å². The number of aliphatic hydroxyl groups excluding tert-OH is 2. The predicted octanol–water partition coefficient (Wildman–Crippen LogP) is 7.66. The third-order valence-electron chi connectivity index (χ3n) is 9.97. The number of allylic oxidation sites excluding steroid dienone is 3. The van der Waals surface area contributed by atoms with E-state index in [1.807, 2.05) is 0 Å². The van der Waals surface area contributed by atoms with Crippen molar-refractivity contribution >= 4 is 0 Å². The van der Waals surface area contributed by atoms with E-state index in [9.17, 15) is 15.3 Å². The number of unbranched alkanes of at least 4 members (excludes halogenated alkanes) is 1. The van der Waals surface area contributed by atoms with E-state index in [1.54, 1.807) is 5.57 Å². The van der Waals surface area contributed by atoms with E-state index in [2.05, 4.69) is 46.4 Å². The molecule has 0 unspecified atom stereocenters. The molecule has 3 N–H and O–H groups in total. The smallest absolute Gasteiger partial charge is 0.0811 e. The molecule has 0 spiro atoms. The van der Waals surface area contributed by atoms with Gasteiger partial charge in [0.25, 0.3) is 0 Å². The van der Waals surface area contributed by atoms with Gasteiger partial charge in [0.2, 0.25) is 0 Å². The van der Waals surface area contributed by atoms with Crippen molar-refractivity contribution in [2.75, 3.05) is 0 Å². The molecule has 3 aliphatic carbocycles. The summed E-state index contributed by atoms with van der Waals surface area (Å²) >= 11 is 0. The molecule has 0 bridgehead atoms. The molecule has 0 aromatic carbocycles. The Hall–Kier alpha value is -0.900. The Balaban J connectivity index is 1.60. The van der Waals surface area contributed by atoms with Gasteiger partial charge >= 0.3 is 0 Å². The number of aliphatic hydroxyl groups is 3. The van der Waals surface area contributed by atoms with Crippen LogP contribution in [-0.2, 0) is 0 Å². The molecule has 200 valence electrons. The molecule has 3 aliphatic rings. The van der Waals surface area contributed by atoms with Crippen LogP contribution in [-0.4, -0.2) is 33.1 Å². The summed E-state index contributed by atoms with van der Waals surface area (Å²) in [5.41, 5.74) is 3.33. The standard InChI is InChI=1S/C32H54O3/c1-6-17-32(35,18-7-2)20-9-8-11-23(3)28-15-16-29-25(12-10-19-31(28,29)5)13-14-26-21-27(33)22-30(34)24(26)4/h13-14,23,27-30,33-35H,4,6-12,15-22H2,1-3,5H3/b25-13+,26-14+/t23-,27-,28-,29+,30+,31-/m1/s1. The summed E-state index contributed by atoms with van der Waals surface area (Å²) in [6.45, 7) is 13.5. The van der Waals surface area contributed by atoms with Crippen LogP contribution in [0.4, 0.5) is 0 Å². The molecule has 0 radical (unpaired) electrons. The highest BCUT2D eigenvalue weighted by Gasteiger charge is 2.50. The zero-order valence-electron chi connectivity index (χ0n) is 23.2. The van der Waals surface area contributed by atoms with Crippen molar-refractivity contribution in [2.45, 2.75) is 142 Å². The molecule has 35 heavy (non-hydrogen) atoms. The van der Waals surface area contributed by atoms with Crippen molar-refractivity contribution in [1.29, 1.82) is 0 Å². The Kier molecular flexibility index (Phi) is 10.3. The fourth-order valence-corrected chi connectivity index (χ4v) is 8.11. The van der Waals surface area contributed by atoms with Gasteiger partial charge in [0.05, 0.1) is 17.8 Å². The fourth-order valence-electron chi connectivity index (χ4n) is 8.11. The zero-order valence-corrected chi connectivity index (χ0v) is 23.2. The Labute approximate surface area is 215 Å². The molecule has 3 heteroatoms. The normalized spacial score (nSPS) is 35.0. The van der Waals surface area contributed by atoms with Crippen LogP contribution in [0.15, 0.2) is 35.5 Å². The van der Waals surface area contributed by atoms with Crippen LogP contribution < -0.4 is 0 Å². The molecule has 3 fully saturated rings. The van der Waals surface area contributed by atoms with Crippen molar-refractivity contribution in [1.82, 2.24) is 0 Å². The Morgan fingerprint density at radius 1 is 1.09 bits per heavy atom. The number of hydrogen-bond acceptors (Lipinski definition) is 3. The first kappa shape index (κ1) is 28.7. The molecule has 3 rings (SSSR count). The van der Waals surface area contributed by atoms with Gasteiger partial charge in [-0.2, -0.15) is 0 Å². The van der Waals surface area contributed by atoms with Crippen molar-refractivity contribution in [2.24, 2.45) is 23.2 Å². The van der Waals surface area contributed by atoms with E-state index in [0.717, 1.165) is 61.5 Å². The molecule has 0 aromatic heterocycles. The zero-order chi connectivity index (χ0) is 25.6. The second-order valence-corrected chi connectivity index (χ2v) is 12.6. The summed E-state index contributed by atoms with van der Waals surface area (Å²) in [6.07, 6.45) is 19.4. The van der Waals surface area contributed by atoms with E-state index in [1.165, 1.54) is 44.9 Å². The first-order valence-electron chi connectivity index (χ1n) is 14.8. The summed E-state index contributed by atoms with van der Waals surface area (Å²) in [4.78, 5) is 0. The Morgan fingerprint density at radius 3 is 2.49 bits per heavy atom. The van der Waals surface area contributed by atoms with Gasteiger partial charge in [-0.05, 0) is 92.1 Å². The lowest BCUT2D eigenvalue weighted by molar-refractivity contribution is 0.00972. The van der Waals surface area contributed by atoms with Crippen molar-refractivity contribution in [3.63, 3.8) is 0 Å². The topological polar surface area (TPSA) is 60.7 Å². The van der Waals surface area contributed by atoms with Crippen LogP contribution in [0.3, 0.4) is 0 Å². The highest BCUT2D eigenvalue weighted by molar-refractivity contribution is 5.38. The molecule has 0 saturated heterocycles. The molecule has 6 atom stereocenters. The highest BCUT2D eigenvalue weighted by atomic mass is 16.3. The molecule has 3 saturated carbocycles. The molecule has 0 aliphatic heterocycles. The maximum absolute atomic E-state index is 11.0. The van der Waals surface area contributed by atoms with Gasteiger partial charge in [0, 0.05) is 6.42 Å². The van der Waals surface area contributed by atoms with Gasteiger partial charge < -0.3 is 15.3 Å². The first-order chi connectivity index (χ1) is 16.6. The average Bonchev–Trinajstić information content (AvgIpc) is 3.16. The monoisotopic (exact) mass is 486 g/mol. The molecular weight excluding hydrogens is 432 g/mol. The lowest BCUT2D eigenvalue weighted by Crippen LogP contribution is -2.36. The second kappa shape index (κ2) is 12.6. The van der Waals surface area contributed by atoms with E-state index in [0.29, 0.717) is 24.2 Å². The summed E-state index contributed by atoms with van der Waals surface area (Å²) in [5.74, 6) is 2.17. The molecule has 0 heterocycles.